The number of amides is 3. The van der Waals surface area contributed by atoms with Crippen molar-refractivity contribution >= 4 is 27.9 Å². The third-order valence-electron chi connectivity index (χ3n) is 13.4. The number of nitrogens with one attached hydrogen (secondary N) is 3. The number of methoxy groups -OCH3 is 1. The second-order valence-corrected chi connectivity index (χ2v) is 21.5. The largest absolute Gasteiger partial charge is 0.449 e. The van der Waals surface area contributed by atoms with Gasteiger partial charge in [0.15, 0.2) is 0 Å². The summed E-state index contributed by atoms with van der Waals surface area (Å²) in [4.78, 5) is 44.0. The fourth-order valence-electron chi connectivity index (χ4n) is 9.43. The lowest BCUT2D eigenvalue weighted by molar-refractivity contribution is -0.138. The number of fused-ring (bicyclic) bond motifs is 12. The minimum Gasteiger partial charge on any atom is -0.449 e. The minimum atomic E-state index is -3.74. The van der Waals surface area contributed by atoms with Crippen LogP contribution in [0.25, 0.3) is 11.1 Å². The average molecular weight is 805 g/mol. The number of ether oxygens (including phenoxy) is 3. The van der Waals surface area contributed by atoms with Gasteiger partial charge < -0.3 is 24.4 Å². The van der Waals surface area contributed by atoms with Gasteiger partial charge in [0.1, 0.15) is 29.5 Å². The molecular weight excluding hydrogens is 745 g/mol. The quantitative estimate of drug-likeness (QED) is 0.282. The number of epoxide rings is 1. The van der Waals surface area contributed by atoms with Crippen molar-refractivity contribution in [3.63, 3.8) is 0 Å². The lowest BCUT2D eigenvalue weighted by atomic mass is 9.85. The van der Waals surface area contributed by atoms with Crippen molar-refractivity contribution in [2.24, 2.45) is 22.7 Å². The summed E-state index contributed by atoms with van der Waals surface area (Å²) in [5.41, 5.74) is 1.62. The van der Waals surface area contributed by atoms with Crippen LogP contribution in [0.3, 0.4) is 0 Å². The van der Waals surface area contributed by atoms with E-state index in [9.17, 15) is 22.8 Å². The van der Waals surface area contributed by atoms with Crippen molar-refractivity contribution in [3.05, 3.63) is 59.7 Å². The first-order chi connectivity index (χ1) is 27.0. The lowest BCUT2D eigenvalue weighted by Crippen LogP contribution is -2.57. The number of hydrogen-bond donors (Lipinski definition) is 3. The Morgan fingerprint density at radius 1 is 0.982 bits per heavy atom. The second-order valence-electron chi connectivity index (χ2n) is 19.5. The number of hydrogen-bond acceptors (Lipinski definition) is 9. The van der Waals surface area contributed by atoms with Gasteiger partial charge in [-0.05, 0) is 96.3 Å². The van der Waals surface area contributed by atoms with E-state index in [0.29, 0.717) is 31.6 Å². The molecule has 0 radical (unpaired) electrons. The molecule has 9 rings (SSSR count). The summed E-state index contributed by atoms with van der Waals surface area (Å²) in [5, 5.41) is 5.90. The van der Waals surface area contributed by atoms with Gasteiger partial charge in [-0.25, -0.2) is 13.2 Å². The van der Waals surface area contributed by atoms with Crippen LogP contribution in [0.5, 0.6) is 0 Å². The van der Waals surface area contributed by atoms with Crippen LogP contribution in [0.1, 0.15) is 104 Å². The van der Waals surface area contributed by atoms with Crippen LogP contribution < -0.4 is 15.4 Å². The number of carbonyl (C=O) groups excluding carboxylic acids is 3. The van der Waals surface area contributed by atoms with Crippen molar-refractivity contribution in [2.75, 3.05) is 20.3 Å². The predicted octanol–water partition coefficient (Wildman–Crippen LogP) is 5.78. The Bertz CT molecular complexity index is 1990. The van der Waals surface area contributed by atoms with Crippen LogP contribution in [0.15, 0.2) is 48.5 Å². The first-order valence-electron chi connectivity index (χ1n) is 20.9. The summed E-state index contributed by atoms with van der Waals surface area (Å²) in [6, 6.07) is 15.5. The van der Waals surface area contributed by atoms with E-state index in [1.54, 1.807) is 12.0 Å². The smallest absolute Gasteiger partial charge is 0.407 e. The third-order valence-corrected chi connectivity index (χ3v) is 15.2. The Morgan fingerprint density at radius 3 is 2.37 bits per heavy atom. The number of nitrogens with zero attached hydrogens (tertiary/aromatic N) is 1. The molecule has 4 bridgehead atoms. The monoisotopic (exact) mass is 804 g/mol. The Labute approximate surface area is 337 Å². The van der Waals surface area contributed by atoms with Crippen LogP contribution in [-0.4, -0.2) is 86.7 Å². The highest BCUT2D eigenvalue weighted by molar-refractivity contribution is 7.91. The zero-order valence-electron chi connectivity index (χ0n) is 34.3. The molecule has 4 aliphatic heterocycles. The van der Waals surface area contributed by atoms with E-state index in [2.05, 4.69) is 77.7 Å². The molecule has 3 amide bonds. The summed E-state index contributed by atoms with van der Waals surface area (Å²) < 4.78 is 46.8. The van der Waals surface area contributed by atoms with Crippen molar-refractivity contribution in [3.8, 4) is 11.1 Å². The van der Waals surface area contributed by atoms with Crippen LogP contribution in [0, 0.1) is 22.7 Å². The fourth-order valence-corrected chi connectivity index (χ4v) is 10.8. The molecule has 1 unspecified atom stereocenters. The number of sulfonamides is 1. The zero-order chi connectivity index (χ0) is 40.5. The summed E-state index contributed by atoms with van der Waals surface area (Å²) >= 11 is 0. The molecule has 7 aliphatic rings. The second kappa shape index (κ2) is 14.6. The molecule has 2 aromatic carbocycles. The fraction of sp³-hybridized carbons (Fsp3) is 0.659. The molecule has 3 saturated carbocycles. The van der Waals surface area contributed by atoms with Gasteiger partial charge in [0.2, 0.25) is 15.9 Å². The van der Waals surface area contributed by atoms with Gasteiger partial charge in [-0.1, -0.05) is 89.6 Å². The maximum atomic E-state index is 15.0. The summed E-state index contributed by atoms with van der Waals surface area (Å²) in [5.74, 6) is -0.397. The highest BCUT2D eigenvalue weighted by Gasteiger charge is 2.69. The molecule has 13 heteroatoms. The van der Waals surface area contributed by atoms with Crippen LogP contribution in [0.4, 0.5) is 4.79 Å². The van der Waals surface area contributed by atoms with E-state index in [4.69, 9.17) is 14.2 Å². The van der Waals surface area contributed by atoms with Gasteiger partial charge in [0.05, 0.1) is 24.4 Å². The molecule has 4 heterocycles. The molecule has 2 aromatic rings. The van der Waals surface area contributed by atoms with Crippen molar-refractivity contribution in [2.45, 2.75) is 140 Å². The minimum absolute atomic E-state index is 0.0230. The molecule has 0 spiro atoms. The molecule has 12 nitrogen and oxygen atoms in total. The van der Waals surface area contributed by atoms with E-state index in [-0.39, 0.29) is 30.4 Å². The highest BCUT2D eigenvalue weighted by atomic mass is 32.2. The molecule has 0 aromatic heterocycles. The van der Waals surface area contributed by atoms with Crippen LogP contribution in [-0.2, 0) is 45.8 Å². The Hall–Kier alpha value is -3.52. The lowest BCUT2D eigenvalue weighted by Gasteiger charge is -2.36. The Kier molecular flexibility index (Phi) is 10.3. The van der Waals surface area contributed by atoms with Crippen LogP contribution >= 0.6 is 0 Å². The number of benzene rings is 2. The zero-order valence-corrected chi connectivity index (χ0v) is 35.1. The van der Waals surface area contributed by atoms with Crippen LogP contribution in [0.2, 0.25) is 0 Å². The summed E-state index contributed by atoms with van der Waals surface area (Å²) in [6.45, 7) is 10.4. The maximum Gasteiger partial charge on any atom is 0.407 e. The SMILES string of the molecule is CO[C@@]12C[C@@H](C3O[C@@H]3N[C@]3(C(=O)NS(=O)(=O)C4CC4)C[C@H]3C3CC3)N(C1)C(=O)[C@H](C(C)(C)C)NC(=O)OCC(C)(C)CCCCc1ccccc1-c1ccc2cc1. The average Bonchev–Trinajstić information content (AvgIpc) is 3.96. The molecule has 7 atom stereocenters. The van der Waals surface area contributed by atoms with Gasteiger partial charge in [0.25, 0.3) is 5.91 Å². The number of carbonyl (C=O) groups is 3. The Morgan fingerprint density at radius 2 is 1.70 bits per heavy atom. The normalized spacial score (nSPS) is 33.2. The molecule has 57 heavy (non-hydrogen) atoms. The van der Waals surface area contributed by atoms with Gasteiger partial charge in [0, 0.05) is 13.5 Å². The van der Waals surface area contributed by atoms with Crippen molar-refractivity contribution in [1.82, 2.24) is 20.3 Å². The topological polar surface area (TPSA) is 156 Å². The summed E-state index contributed by atoms with van der Waals surface area (Å²) in [6.07, 6.45) is 6.16. The maximum absolute atomic E-state index is 15.0. The highest BCUT2D eigenvalue weighted by Crippen LogP contribution is 2.58. The standard InChI is InChI=1S/C44H60N4O8S/c1-41(2,3)36-38(49)48-25-43(54-6,24-34(48)35-37(56-35)46-44(23-33(44)29-14-15-29)39(50)47-57(52,53)31-20-21-31)30-18-16-28(17-19-30)32-13-8-7-11-27(32)12-9-10-22-42(4,5)26-55-40(51)45-36/h7-8,11,13,16-19,29,31,33-37,46H,9-10,12,14-15,20-26H2,1-6H3,(H,45,51)(H,47,50)/t33-,34-,35?,36+,37-,43-,44+/m0/s1. The molecule has 2 saturated heterocycles. The molecule has 3 aliphatic carbocycles. The first-order valence-corrected chi connectivity index (χ1v) is 22.5. The summed E-state index contributed by atoms with van der Waals surface area (Å²) in [7, 11) is -2.07. The number of alkyl carbamates (subject to hydrolysis) is 1. The van der Waals surface area contributed by atoms with E-state index < -0.39 is 68.2 Å². The molecular formula is C44H60N4O8S. The molecule has 3 N–H and O–H groups in total. The van der Waals surface area contributed by atoms with E-state index in [1.807, 2.05) is 20.8 Å². The van der Waals surface area contributed by atoms with Gasteiger partial charge >= 0.3 is 6.09 Å². The van der Waals surface area contributed by atoms with Gasteiger partial charge in [-0.3, -0.25) is 19.6 Å². The van der Waals surface area contributed by atoms with E-state index in [1.165, 1.54) is 11.1 Å². The van der Waals surface area contributed by atoms with Crippen molar-refractivity contribution < 1.29 is 37.0 Å². The molecule has 5 fully saturated rings. The third kappa shape index (κ3) is 8.23. The van der Waals surface area contributed by atoms with Gasteiger partial charge in [-0.15, -0.1) is 0 Å². The van der Waals surface area contributed by atoms with E-state index in [0.717, 1.165) is 49.7 Å². The first kappa shape index (κ1) is 40.3. The number of aryl methyl sites for hydroxylation is 1. The number of rotatable bonds is 8. The predicted molar refractivity (Wildman–Crippen MR) is 215 cm³/mol. The molecule has 310 valence electrons. The Balaban J connectivity index is 1.11. The van der Waals surface area contributed by atoms with Crippen molar-refractivity contribution in [1.29, 1.82) is 0 Å². The van der Waals surface area contributed by atoms with E-state index >= 15 is 0 Å². The van der Waals surface area contributed by atoms with Gasteiger partial charge in [-0.2, -0.15) is 0 Å².